The first-order valence-corrected chi connectivity index (χ1v) is 4.27. The molecule has 1 heterocycles. The van der Waals surface area contributed by atoms with Gasteiger partial charge in [0.2, 0.25) is 5.91 Å². The van der Waals surface area contributed by atoms with E-state index in [0.717, 1.165) is 6.54 Å². The van der Waals surface area contributed by atoms with Gasteiger partial charge in [0.25, 0.3) is 0 Å². The van der Waals surface area contributed by atoms with Gasteiger partial charge in [0.05, 0.1) is 18.8 Å². The van der Waals surface area contributed by atoms with Crippen molar-refractivity contribution < 1.29 is 8.98 Å². The molecule has 2 unspecified atom stereocenters. The molecule has 0 aromatic heterocycles. The number of likely N-dealkylation sites (N-methyl/N-ethyl adjacent to an activating group) is 1. The van der Waals surface area contributed by atoms with Crippen molar-refractivity contribution in [2.24, 2.45) is 0 Å². The van der Waals surface area contributed by atoms with Gasteiger partial charge in [-0.1, -0.05) is 0 Å². The van der Waals surface area contributed by atoms with Crippen molar-refractivity contribution in [2.45, 2.75) is 13.0 Å². The topological polar surface area (TPSA) is 41.3 Å². The molecule has 1 amide bonds. The second-order valence-electron chi connectivity index (χ2n) is 2.21. The number of hydrogen-bond acceptors (Lipinski definition) is 4. The lowest BCUT2D eigenvalue weighted by atomic mass is 10.4. The van der Waals surface area contributed by atoms with Gasteiger partial charge < -0.3 is 9.50 Å². The van der Waals surface area contributed by atoms with Gasteiger partial charge in [-0.05, 0) is 6.92 Å². The molecular weight excluding hydrogens is 164 g/mol. The minimum absolute atomic E-state index is 0.0246. The van der Waals surface area contributed by atoms with Gasteiger partial charge in [0.15, 0.2) is 0 Å². The van der Waals surface area contributed by atoms with E-state index in [0.29, 0.717) is 6.61 Å². The molecule has 0 radical (unpaired) electrons. The Labute approximate surface area is 70.6 Å². The summed E-state index contributed by atoms with van der Waals surface area (Å²) in [5.41, 5.74) is 0. The lowest BCUT2D eigenvalue weighted by Gasteiger charge is -1.99. The minimum atomic E-state index is 0.0246. The first kappa shape index (κ1) is 8.83. The zero-order chi connectivity index (χ0) is 8.27. The Morgan fingerprint density at radius 1 is 1.91 bits per heavy atom. The SMILES string of the molecule is CCOSN1CC1C(=O)NC. The third-order valence-electron chi connectivity index (χ3n) is 1.38. The second kappa shape index (κ2) is 3.94. The van der Waals surface area contributed by atoms with Gasteiger partial charge >= 0.3 is 0 Å². The van der Waals surface area contributed by atoms with Crippen LogP contribution in [0.15, 0.2) is 0 Å². The predicted octanol–water partition coefficient (Wildman–Crippen LogP) is 0.0163. The number of rotatable bonds is 4. The van der Waals surface area contributed by atoms with E-state index in [4.69, 9.17) is 4.18 Å². The fourth-order valence-corrected chi connectivity index (χ4v) is 1.35. The maximum atomic E-state index is 10.9. The fraction of sp³-hybridized carbons (Fsp3) is 0.833. The Bertz CT molecular complexity index is 154. The first-order valence-electron chi connectivity index (χ1n) is 3.57. The van der Waals surface area contributed by atoms with Crippen LogP contribution in [0.2, 0.25) is 0 Å². The van der Waals surface area contributed by atoms with E-state index < -0.39 is 0 Å². The van der Waals surface area contributed by atoms with E-state index in [1.807, 2.05) is 11.2 Å². The number of hydrogen-bond donors (Lipinski definition) is 1. The molecule has 2 atom stereocenters. The average Bonchev–Trinajstić information content (AvgIpc) is 2.78. The standard InChI is InChI=1S/C6H12N2O2S/c1-3-10-11-8-4-5(8)6(9)7-2/h5H,3-4H2,1-2H3,(H,7,9). The van der Waals surface area contributed by atoms with Crippen molar-refractivity contribution in [1.29, 1.82) is 0 Å². The molecule has 1 aliphatic heterocycles. The van der Waals surface area contributed by atoms with Crippen LogP contribution in [0, 0.1) is 0 Å². The van der Waals surface area contributed by atoms with Crippen LogP contribution in [0.4, 0.5) is 0 Å². The zero-order valence-electron chi connectivity index (χ0n) is 6.66. The maximum absolute atomic E-state index is 10.9. The zero-order valence-corrected chi connectivity index (χ0v) is 7.48. The molecule has 1 saturated heterocycles. The van der Waals surface area contributed by atoms with Gasteiger partial charge in [-0.15, -0.1) is 0 Å². The summed E-state index contributed by atoms with van der Waals surface area (Å²) in [6.07, 6.45) is 0. The maximum Gasteiger partial charge on any atom is 0.239 e. The van der Waals surface area contributed by atoms with Gasteiger partial charge in [0.1, 0.15) is 6.04 Å². The van der Waals surface area contributed by atoms with E-state index >= 15 is 0 Å². The van der Waals surface area contributed by atoms with E-state index in [9.17, 15) is 4.79 Å². The molecule has 0 aliphatic carbocycles. The number of nitrogens with zero attached hydrogens (tertiary/aromatic N) is 1. The number of nitrogens with one attached hydrogen (secondary N) is 1. The van der Waals surface area contributed by atoms with Gasteiger partial charge in [-0.2, -0.15) is 0 Å². The van der Waals surface area contributed by atoms with E-state index in [-0.39, 0.29) is 11.9 Å². The van der Waals surface area contributed by atoms with Crippen LogP contribution in [-0.4, -0.2) is 36.5 Å². The molecule has 1 aliphatic rings. The van der Waals surface area contributed by atoms with Crippen LogP contribution in [-0.2, 0) is 8.98 Å². The number of amides is 1. The molecule has 4 nitrogen and oxygen atoms in total. The smallest absolute Gasteiger partial charge is 0.239 e. The molecule has 0 saturated carbocycles. The molecule has 0 bridgehead atoms. The molecular formula is C6H12N2O2S. The van der Waals surface area contributed by atoms with Crippen LogP contribution in [0.1, 0.15) is 6.92 Å². The molecule has 11 heavy (non-hydrogen) atoms. The Kier molecular flexibility index (Phi) is 3.16. The molecule has 0 aromatic rings. The highest BCUT2D eigenvalue weighted by Crippen LogP contribution is 2.28. The van der Waals surface area contributed by atoms with Crippen molar-refractivity contribution in [2.75, 3.05) is 20.2 Å². The Balaban J connectivity index is 2.11. The number of carbonyl (C=O) groups is 1. The van der Waals surface area contributed by atoms with Crippen molar-refractivity contribution in [3.8, 4) is 0 Å². The van der Waals surface area contributed by atoms with Crippen molar-refractivity contribution >= 4 is 18.1 Å². The minimum Gasteiger partial charge on any atom is -0.358 e. The lowest BCUT2D eigenvalue weighted by Crippen LogP contribution is -2.25. The van der Waals surface area contributed by atoms with Gasteiger partial charge in [-0.25, -0.2) is 4.31 Å². The van der Waals surface area contributed by atoms with Crippen LogP contribution >= 0.6 is 12.2 Å². The van der Waals surface area contributed by atoms with Gasteiger partial charge in [0, 0.05) is 13.6 Å². The second-order valence-corrected chi connectivity index (χ2v) is 3.06. The summed E-state index contributed by atoms with van der Waals surface area (Å²) in [6.45, 7) is 3.39. The van der Waals surface area contributed by atoms with Crippen molar-refractivity contribution in [3.63, 3.8) is 0 Å². The summed E-state index contributed by atoms with van der Waals surface area (Å²) in [5, 5.41) is 2.58. The summed E-state index contributed by atoms with van der Waals surface area (Å²) >= 11 is 1.27. The molecule has 64 valence electrons. The van der Waals surface area contributed by atoms with Crippen LogP contribution in [0.3, 0.4) is 0 Å². The predicted molar refractivity (Wildman–Crippen MR) is 43.8 cm³/mol. The van der Waals surface area contributed by atoms with Crippen LogP contribution in [0.5, 0.6) is 0 Å². The van der Waals surface area contributed by atoms with E-state index in [1.165, 1.54) is 12.2 Å². The van der Waals surface area contributed by atoms with E-state index in [2.05, 4.69) is 5.32 Å². The molecule has 0 aromatic carbocycles. The fourth-order valence-electron chi connectivity index (χ4n) is 0.706. The Morgan fingerprint density at radius 2 is 2.64 bits per heavy atom. The van der Waals surface area contributed by atoms with Gasteiger partial charge in [-0.3, -0.25) is 4.79 Å². The van der Waals surface area contributed by atoms with Crippen LogP contribution in [0.25, 0.3) is 0 Å². The third kappa shape index (κ3) is 2.36. The molecule has 0 spiro atoms. The molecule has 1 fully saturated rings. The van der Waals surface area contributed by atoms with Crippen molar-refractivity contribution in [1.82, 2.24) is 9.62 Å². The molecule has 1 N–H and O–H groups in total. The summed E-state index contributed by atoms with van der Waals surface area (Å²) in [7, 11) is 1.64. The third-order valence-corrected chi connectivity index (χ3v) is 2.32. The van der Waals surface area contributed by atoms with Crippen molar-refractivity contribution in [3.05, 3.63) is 0 Å². The Morgan fingerprint density at radius 3 is 3.18 bits per heavy atom. The highest BCUT2D eigenvalue weighted by molar-refractivity contribution is 7.92. The monoisotopic (exact) mass is 176 g/mol. The average molecular weight is 176 g/mol. The summed E-state index contributed by atoms with van der Waals surface area (Å²) < 4.78 is 6.94. The highest BCUT2D eigenvalue weighted by atomic mass is 32.2. The summed E-state index contributed by atoms with van der Waals surface area (Å²) in [6, 6.07) is 0.0246. The first-order chi connectivity index (χ1) is 5.29. The highest BCUT2D eigenvalue weighted by Gasteiger charge is 2.41. The molecule has 1 rings (SSSR count). The number of carbonyl (C=O) groups excluding carboxylic acids is 1. The van der Waals surface area contributed by atoms with E-state index in [1.54, 1.807) is 7.05 Å². The normalized spacial score (nSPS) is 28.2. The van der Waals surface area contributed by atoms with Crippen LogP contribution < -0.4 is 5.32 Å². The lowest BCUT2D eigenvalue weighted by molar-refractivity contribution is -0.120. The Hall–Kier alpha value is -0.260. The largest absolute Gasteiger partial charge is 0.358 e. The summed E-state index contributed by atoms with van der Waals surface area (Å²) in [5.74, 6) is 0.0669. The molecule has 5 heteroatoms. The quantitative estimate of drug-likeness (QED) is 0.372. The summed E-state index contributed by atoms with van der Waals surface area (Å²) in [4.78, 5) is 10.9.